The number of amides is 1. The number of carbonyl (C=O) groups excluding carboxylic acids is 1. The number of aromatic nitrogens is 1. The molecule has 3 rings (SSSR count). The fourth-order valence-electron chi connectivity index (χ4n) is 2.37. The van der Waals surface area contributed by atoms with Crippen molar-refractivity contribution >= 4 is 34.1 Å². The minimum absolute atomic E-state index is 0.129. The predicted molar refractivity (Wildman–Crippen MR) is 86.5 cm³/mol. The van der Waals surface area contributed by atoms with E-state index in [4.69, 9.17) is 11.6 Å². The molecule has 1 heterocycles. The summed E-state index contributed by atoms with van der Waals surface area (Å²) in [4.78, 5) is 15.8. The summed E-state index contributed by atoms with van der Waals surface area (Å²) < 4.78 is 0. The number of carbonyl (C=O) groups is 1. The van der Waals surface area contributed by atoms with Gasteiger partial charge in [0.25, 0.3) is 0 Å². The second-order valence-electron chi connectivity index (χ2n) is 4.76. The zero-order valence-electron chi connectivity index (χ0n) is 11.4. The van der Waals surface area contributed by atoms with E-state index in [0.29, 0.717) is 10.7 Å². The molecule has 2 aromatic carbocycles. The summed E-state index contributed by atoms with van der Waals surface area (Å²) in [7, 11) is 0. The van der Waals surface area contributed by atoms with Gasteiger partial charge in [-0.15, -0.1) is 0 Å². The Bertz CT molecular complexity index is 816. The maximum atomic E-state index is 11.4. The molecule has 0 radical (unpaired) electrons. The molecule has 0 saturated carbocycles. The minimum Gasteiger partial charge on any atom is -0.324 e. The van der Waals surface area contributed by atoms with E-state index in [0.717, 1.165) is 22.0 Å². The molecule has 3 aromatic rings. The van der Waals surface area contributed by atoms with Crippen LogP contribution in [0.15, 0.2) is 54.7 Å². The van der Waals surface area contributed by atoms with Gasteiger partial charge in [-0.05, 0) is 23.8 Å². The summed E-state index contributed by atoms with van der Waals surface area (Å²) in [5.41, 5.74) is 3.46. The fraction of sp³-hybridized carbons (Fsp3) is 0.0588. The molecule has 0 unspecified atom stereocenters. The summed E-state index contributed by atoms with van der Waals surface area (Å²) in [5.74, 6) is -0.129. The molecule has 4 heteroatoms. The Kier molecular flexibility index (Phi) is 3.59. The average Bonchev–Trinajstić information content (AvgIpc) is 2.47. The van der Waals surface area contributed by atoms with Crippen LogP contribution < -0.4 is 5.32 Å². The number of fused-ring (bicyclic) bond motifs is 1. The number of hydrogen-bond acceptors (Lipinski definition) is 2. The first kappa shape index (κ1) is 13.6. The third kappa shape index (κ3) is 2.73. The van der Waals surface area contributed by atoms with Crippen LogP contribution in [0.2, 0.25) is 5.02 Å². The quantitative estimate of drug-likeness (QED) is 0.756. The van der Waals surface area contributed by atoms with Crippen LogP contribution in [0.1, 0.15) is 6.92 Å². The van der Waals surface area contributed by atoms with Gasteiger partial charge in [0, 0.05) is 22.9 Å². The maximum absolute atomic E-state index is 11.4. The van der Waals surface area contributed by atoms with Crippen LogP contribution in [0.25, 0.3) is 22.0 Å². The lowest BCUT2D eigenvalue weighted by Gasteiger charge is -2.13. The molecule has 0 fully saturated rings. The Morgan fingerprint density at radius 3 is 2.62 bits per heavy atom. The van der Waals surface area contributed by atoms with E-state index in [-0.39, 0.29) is 5.91 Å². The molecule has 1 N–H and O–H groups in total. The molecule has 0 aliphatic rings. The molecule has 3 nitrogen and oxygen atoms in total. The summed E-state index contributed by atoms with van der Waals surface area (Å²) >= 11 is 6.12. The number of rotatable bonds is 2. The van der Waals surface area contributed by atoms with Crippen molar-refractivity contribution in [2.45, 2.75) is 6.92 Å². The highest BCUT2D eigenvalue weighted by atomic mass is 35.5. The number of hydrogen-bond donors (Lipinski definition) is 1. The molecule has 1 amide bonds. The van der Waals surface area contributed by atoms with Crippen LogP contribution in [0, 0.1) is 0 Å². The third-order valence-corrected chi connectivity index (χ3v) is 3.44. The van der Waals surface area contributed by atoms with Gasteiger partial charge in [-0.2, -0.15) is 0 Å². The Morgan fingerprint density at radius 2 is 1.90 bits per heavy atom. The summed E-state index contributed by atoms with van der Waals surface area (Å²) in [5, 5.41) is 4.40. The lowest BCUT2D eigenvalue weighted by Crippen LogP contribution is -2.07. The van der Waals surface area contributed by atoms with E-state index in [2.05, 4.69) is 10.3 Å². The predicted octanol–water partition coefficient (Wildman–Crippen LogP) is 4.51. The number of benzene rings is 2. The van der Waals surface area contributed by atoms with Crippen molar-refractivity contribution in [3.8, 4) is 11.1 Å². The van der Waals surface area contributed by atoms with Gasteiger partial charge in [0.05, 0.1) is 17.4 Å². The van der Waals surface area contributed by atoms with Crippen molar-refractivity contribution in [2.24, 2.45) is 0 Å². The Balaban J connectivity index is 2.34. The minimum atomic E-state index is -0.129. The van der Waals surface area contributed by atoms with Gasteiger partial charge in [-0.25, -0.2) is 0 Å². The number of nitrogens with one attached hydrogen (secondary N) is 1. The zero-order valence-corrected chi connectivity index (χ0v) is 12.2. The standard InChI is InChI=1S/C17H13ClN2O/c1-11(21)20-16-10-19-15-8-7-13(18)9-14(15)17(16)12-5-3-2-4-6-12/h2-10H,1H3,(H,20,21). The van der Waals surface area contributed by atoms with Crippen LogP contribution >= 0.6 is 11.6 Å². The second-order valence-corrected chi connectivity index (χ2v) is 5.19. The van der Waals surface area contributed by atoms with E-state index in [1.165, 1.54) is 6.92 Å². The molecule has 0 saturated heterocycles. The Hall–Kier alpha value is -2.39. The van der Waals surface area contributed by atoms with Crippen molar-refractivity contribution in [1.29, 1.82) is 0 Å². The third-order valence-electron chi connectivity index (χ3n) is 3.20. The molecule has 1 aromatic heterocycles. The van der Waals surface area contributed by atoms with E-state index in [9.17, 15) is 4.79 Å². The molecular weight excluding hydrogens is 284 g/mol. The molecule has 21 heavy (non-hydrogen) atoms. The van der Waals surface area contributed by atoms with Gasteiger partial charge in [-0.1, -0.05) is 41.9 Å². The molecule has 0 spiro atoms. The number of anilines is 1. The Labute approximate surface area is 127 Å². The fourth-order valence-corrected chi connectivity index (χ4v) is 2.54. The first-order valence-corrected chi connectivity index (χ1v) is 6.94. The first-order valence-electron chi connectivity index (χ1n) is 6.56. The van der Waals surface area contributed by atoms with Gasteiger partial charge >= 0.3 is 0 Å². The topological polar surface area (TPSA) is 42.0 Å². The van der Waals surface area contributed by atoms with Gasteiger partial charge < -0.3 is 5.32 Å². The molecule has 0 atom stereocenters. The van der Waals surface area contributed by atoms with Crippen molar-refractivity contribution < 1.29 is 4.79 Å². The van der Waals surface area contributed by atoms with Gasteiger partial charge in [-0.3, -0.25) is 9.78 Å². The smallest absolute Gasteiger partial charge is 0.221 e. The highest BCUT2D eigenvalue weighted by molar-refractivity contribution is 6.31. The average molecular weight is 297 g/mol. The van der Waals surface area contributed by atoms with E-state index in [1.807, 2.05) is 48.5 Å². The van der Waals surface area contributed by atoms with E-state index in [1.54, 1.807) is 6.20 Å². The van der Waals surface area contributed by atoms with Gasteiger partial charge in [0.15, 0.2) is 0 Å². The molecule has 104 valence electrons. The molecular formula is C17H13ClN2O. The van der Waals surface area contributed by atoms with Crippen molar-refractivity contribution in [3.05, 3.63) is 59.8 Å². The summed E-state index contributed by atoms with van der Waals surface area (Å²) in [6.07, 6.45) is 1.68. The number of halogens is 1. The number of nitrogens with zero attached hydrogens (tertiary/aromatic N) is 1. The first-order chi connectivity index (χ1) is 10.1. The van der Waals surface area contributed by atoms with Gasteiger partial charge in [0.1, 0.15) is 0 Å². The summed E-state index contributed by atoms with van der Waals surface area (Å²) in [6, 6.07) is 15.4. The largest absolute Gasteiger partial charge is 0.324 e. The van der Waals surface area contributed by atoms with Crippen LogP contribution in [-0.2, 0) is 4.79 Å². The Morgan fingerprint density at radius 1 is 1.14 bits per heavy atom. The van der Waals surface area contributed by atoms with Crippen molar-refractivity contribution in [1.82, 2.24) is 4.98 Å². The van der Waals surface area contributed by atoms with Crippen molar-refractivity contribution in [3.63, 3.8) is 0 Å². The summed E-state index contributed by atoms with van der Waals surface area (Å²) in [6.45, 7) is 1.48. The monoisotopic (exact) mass is 296 g/mol. The SMILES string of the molecule is CC(=O)Nc1cnc2ccc(Cl)cc2c1-c1ccccc1. The molecule has 0 bridgehead atoms. The van der Waals surface area contributed by atoms with E-state index < -0.39 is 0 Å². The number of pyridine rings is 1. The van der Waals surface area contributed by atoms with Crippen molar-refractivity contribution in [2.75, 3.05) is 5.32 Å². The van der Waals surface area contributed by atoms with Crippen LogP contribution in [0.4, 0.5) is 5.69 Å². The van der Waals surface area contributed by atoms with Crippen LogP contribution in [-0.4, -0.2) is 10.9 Å². The molecule has 0 aliphatic carbocycles. The highest BCUT2D eigenvalue weighted by Crippen LogP contribution is 2.35. The van der Waals surface area contributed by atoms with Crippen LogP contribution in [0.3, 0.4) is 0 Å². The lowest BCUT2D eigenvalue weighted by atomic mass is 9.99. The van der Waals surface area contributed by atoms with Crippen LogP contribution in [0.5, 0.6) is 0 Å². The van der Waals surface area contributed by atoms with Gasteiger partial charge in [0.2, 0.25) is 5.91 Å². The second kappa shape index (κ2) is 5.54. The molecule has 0 aliphatic heterocycles. The lowest BCUT2D eigenvalue weighted by molar-refractivity contribution is -0.114. The maximum Gasteiger partial charge on any atom is 0.221 e. The zero-order chi connectivity index (χ0) is 14.8. The normalized spacial score (nSPS) is 10.6. The highest BCUT2D eigenvalue weighted by Gasteiger charge is 2.12. The van der Waals surface area contributed by atoms with E-state index >= 15 is 0 Å².